The molecule has 8 heteroatoms. The number of aromatic amines is 1. The van der Waals surface area contributed by atoms with Gasteiger partial charge in [0.25, 0.3) is 5.56 Å². The minimum Gasteiger partial charge on any atom is -0.375 e. The lowest BCUT2D eigenvalue weighted by molar-refractivity contribution is -0.139. The van der Waals surface area contributed by atoms with Crippen molar-refractivity contribution >= 4 is 11.8 Å². The third-order valence-electron chi connectivity index (χ3n) is 6.76. The fraction of sp³-hybridized carbons (Fsp3) is 0.727. The number of H-pyrrole nitrogens is 1. The van der Waals surface area contributed by atoms with Crippen LogP contribution >= 0.6 is 0 Å². The molecule has 2 fully saturated rings. The van der Waals surface area contributed by atoms with Crippen molar-refractivity contribution in [2.45, 2.75) is 70.4 Å². The minimum absolute atomic E-state index is 0.0317. The fourth-order valence-electron chi connectivity index (χ4n) is 5.12. The van der Waals surface area contributed by atoms with Crippen LogP contribution in [0.4, 0.5) is 0 Å². The SMILES string of the molecule is COCC(=O)N1CCCC[C@H]1c1nc2c(c(=O)[nH]1)CN(C(=O)C1CCCCC1)CC2. The van der Waals surface area contributed by atoms with Crippen molar-refractivity contribution in [3.05, 3.63) is 27.4 Å². The Bertz CT molecular complexity index is 846. The van der Waals surface area contributed by atoms with Gasteiger partial charge in [-0.2, -0.15) is 0 Å². The largest absolute Gasteiger partial charge is 0.375 e. The Kier molecular flexibility index (Phi) is 6.51. The fourth-order valence-corrected chi connectivity index (χ4v) is 5.12. The molecule has 2 aliphatic heterocycles. The zero-order chi connectivity index (χ0) is 21.1. The van der Waals surface area contributed by atoms with Gasteiger partial charge in [-0.3, -0.25) is 14.4 Å². The van der Waals surface area contributed by atoms with E-state index in [1.165, 1.54) is 13.5 Å². The third-order valence-corrected chi connectivity index (χ3v) is 6.76. The van der Waals surface area contributed by atoms with E-state index in [0.717, 1.165) is 50.6 Å². The van der Waals surface area contributed by atoms with E-state index in [1.54, 1.807) is 4.90 Å². The van der Waals surface area contributed by atoms with Gasteiger partial charge in [0.1, 0.15) is 12.4 Å². The first-order chi connectivity index (χ1) is 14.6. The van der Waals surface area contributed by atoms with Crippen molar-refractivity contribution in [3.63, 3.8) is 0 Å². The van der Waals surface area contributed by atoms with Crippen LogP contribution in [0.3, 0.4) is 0 Å². The number of likely N-dealkylation sites (tertiary alicyclic amines) is 1. The van der Waals surface area contributed by atoms with E-state index < -0.39 is 0 Å². The van der Waals surface area contributed by atoms with Crippen LogP contribution < -0.4 is 5.56 Å². The minimum atomic E-state index is -0.221. The van der Waals surface area contributed by atoms with E-state index in [1.807, 2.05) is 4.90 Å². The van der Waals surface area contributed by atoms with Gasteiger partial charge in [0.2, 0.25) is 11.8 Å². The van der Waals surface area contributed by atoms with E-state index in [-0.39, 0.29) is 35.9 Å². The molecule has 0 bridgehead atoms. The predicted molar refractivity (Wildman–Crippen MR) is 111 cm³/mol. The van der Waals surface area contributed by atoms with Crippen LogP contribution in [0.15, 0.2) is 4.79 Å². The summed E-state index contributed by atoms with van der Waals surface area (Å²) in [5, 5.41) is 0. The molecule has 1 aromatic rings. The number of rotatable bonds is 4. The molecule has 0 radical (unpaired) electrons. The Morgan fingerprint density at radius 1 is 1.10 bits per heavy atom. The van der Waals surface area contributed by atoms with E-state index >= 15 is 0 Å². The van der Waals surface area contributed by atoms with Crippen molar-refractivity contribution in [1.29, 1.82) is 0 Å². The molecule has 1 atom stereocenters. The molecule has 3 aliphatic rings. The first-order valence-electron chi connectivity index (χ1n) is 11.3. The number of amides is 2. The third kappa shape index (κ3) is 4.29. The highest BCUT2D eigenvalue weighted by Crippen LogP contribution is 2.30. The first kappa shape index (κ1) is 21.0. The maximum absolute atomic E-state index is 12.9. The number of hydrogen-bond donors (Lipinski definition) is 1. The second-order valence-electron chi connectivity index (χ2n) is 8.75. The maximum atomic E-state index is 12.9. The van der Waals surface area contributed by atoms with Crippen LogP contribution in [-0.2, 0) is 27.3 Å². The van der Waals surface area contributed by atoms with Crippen molar-refractivity contribution in [2.75, 3.05) is 26.8 Å². The topological polar surface area (TPSA) is 95.6 Å². The van der Waals surface area contributed by atoms with Gasteiger partial charge in [0, 0.05) is 32.5 Å². The van der Waals surface area contributed by atoms with Crippen molar-refractivity contribution in [2.24, 2.45) is 5.92 Å². The van der Waals surface area contributed by atoms with Crippen molar-refractivity contribution in [3.8, 4) is 0 Å². The summed E-state index contributed by atoms with van der Waals surface area (Å²) in [6.07, 6.45) is 8.67. The molecule has 1 saturated heterocycles. The summed E-state index contributed by atoms with van der Waals surface area (Å²) in [7, 11) is 1.51. The summed E-state index contributed by atoms with van der Waals surface area (Å²) in [6.45, 7) is 1.63. The number of piperidine rings is 1. The second-order valence-corrected chi connectivity index (χ2v) is 8.75. The van der Waals surface area contributed by atoms with Gasteiger partial charge in [-0.05, 0) is 32.1 Å². The smallest absolute Gasteiger partial charge is 0.256 e. The van der Waals surface area contributed by atoms with Crippen LogP contribution in [0.2, 0.25) is 0 Å². The van der Waals surface area contributed by atoms with Gasteiger partial charge >= 0.3 is 0 Å². The highest BCUT2D eigenvalue weighted by Gasteiger charge is 2.33. The number of fused-ring (bicyclic) bond motifs is 1. The number of hydrogen-bond acceptors (Lipinski definition) is 5. The summed E-state index contributed by atoms with van der Waals surface area (Å²) >= 11 is 0. The Labute approximate surface area is 177 Å². The Hall–Kier alpha value is -2.22. The highest BCUT2D eigenvalue weighted by atomic mass is 16.5. The Morgan fingerprint density at radius 2 is 1.87 bits per heavy atom. The average molecular weight is 417 g/mol. The zero-order valence-corrected chi connectivity index (χ0v) is 17.8. The summed E-state index contributed by atoms with van der Waals surface area (Å²) in [6, 6.07) is -0.221. The lowest BCUT2D eigenvalue weighted by Gasteiger charge is -2.36. The Morgan fingerprint density at radius 3 is 2.63 bits per heavy atom. The van der Waals surface area contributed by atoms with Gasteiger partial charge in [-0.1, -0.05) is 19.3 Å². The standard InChI is InChI=1S/C22H32N4O4/c1-30-14-19(27)26-11-6-5-9-18(26)20-23-17-10-12-25(13-16(17)21(28)24-20)22(29)15-7-3-2-4-8-15/h15,18H,2-14H2,1H3,(H,23,24,28)/t18-/m0/s1. The van der Waals surface area contributed by atoms with Gasteiger partial charge in [0.05, 0.1) is 23.8 Å². The molecule has 1 aromatic heterocycles. The van der Waals surface area contributed by atoms with Crippen molar-refractivity contribution in [1.82, 2.24) is 19.8 Å². The van der Waals surface area contributed by atoms with Crippen LogP contribution in [0.25, 0.3) is 0 Å². The van der Waals surface area contributed by atoms with Crippen molar-refractivity contribution < 1.29 is 14.3 Å². The monoisotopic (exact) mass is 416 g/mol. The number of carbonyl (C=O) groups is 2. The quantitative estimate of drug-likeness (QED) is 0.809. The van der Waals surface area contributed by atoms with Gasteiger partial charge < -0.3 is 19.5 Å². The molecule has 0 unspecified atom stereocenters. The molecule has 1 saturated carbocycles. The first-order valence-corrected chi connectivity index (χ1v) is 11.3. The molecule has 2 amide bonds. The molecular weight excluding hydrogens is 384 g/mol. The van der Waals surface area contributed by atoms with Crippen LogP contribution in [-0.4, -0.2) is 58.4 Å². The van der Waals surface area contributed by atoms with Gasteiger partial charge in [-0.15, -0.1) is 0 Å². The molecule has 4 rings (SSSR count). The molecule has 0 spiro atoms. The molecule has 8 nitrogen and oxygen atoms in total. The number of nitrogens with zero attached hydrogens (tertiary/aromatic N) is 3. The number of nitrogens with one attached hydrogen (secondary N) is 1. The van der Waals surface area contributed by atoms with E-state index in [9.17, 15) is 14.4 Å². The Balaban J connectivity index is 1.53. The summed E-state index contributed by atoms with van der Waals surface area (Å²) in [5.41, 5.74) is 1.19. The summed E-state index contributed by atoms with van der Waals surface area (Å²) in [4.78, 5) is 49.6. The molecule has 3 heterocycles. The molecule has 164 valence electrons. The number of carbonyl (C=O) groups excluding carboxylic acids is 2. The lowest BCUT2D eigenvalue weighted by Crippen LogP contribution is -2.44. The molecular formula is C22H32N4O4. The number of methoxy groups -OCH3 is 1. The maximum Gasteiger partial charge on any atom is 0.256 e. The molecule has 1 N–H and O–H groups in total. The number of ether oxygens (including phenoxy) is 1. The zero-order valence-electron chi connectivity index (χ0n) is 17.8. The normalized spacial score (nSPS) is 22.6. The van der Waals surface area contributed by atoms with Gasteiger partial charge in [0.15, 0.2) is 0 Å². The van der Waals surface area contributed by atoms with Crippen LogP contribution in [0, 0.1) is 5.92 Å². The van der Waals surface area contributed by atoms with E-state index in [2.05, 4.69) is 4.98 Å². The van der Waals surface area contributed by atoms with Crippen LogP contribution in [0.5, 0.6) is 0 Å². The summed E-state index contributed by atoms with van der Waals surface area (Å²) in [5.74, 6) is 0.781. The number of aromatic nitrogens is 2. The molecule has 1 aliphatic carbocycles. The average Bonchev–Trinajstić information content (AvgIpc) is 2.79. The van der Waals surface area contributed by atoms with E-state index in [4.69, 9.17) is 9.72 Å². The molecule has 0 aromatic carbocycles. The highest BCUT2D eigenvalue weighted by molar-refractivity contribution is 5.79. The van der Waals surface area contributed by atoms with Crippen LogP contribution in [0.1, 0.15) is 74.5 Å². The second kappa shape index (κ2) is 9.29. The predicted octanol–water partition coefficient (Wildman–Crippen LogP) is 1.93. The summed E-state index contributed by atoms with van der Waals surface area (Å²) < 4.78 is 5.02. The lowest BCUT2D eigenvalue weighted by atomic mass is 9.88. The molecule has 30 heavy (non-hydrogen) atoms. The van der Waals surface area contributed by atoms with Gasteiger partial charge in [-0.25, -0.2) is 4.98 Å². The van der Waals surface area contributed by atoms with E-state index in [0.29, 0.717) is 37.4 Å².